The Balaban J connectivity index is 2.77. The minimum atomic E-state index is -0.219. The average molecular weight is 182 g/mol. The van der Waals surface area contributed by atoms with Crippen molar-refractivity contribution in [3.63, 3.8) is 0 Å². The van der Waals surface area contributed by atoms with Gasteiger partial charge in [0.1, 0.15) is 0 Å². The maximum Gasteiger partial charge on any atom is 0.0801 e. The largest absolute Gasteiger partial charge is 0.388 e. The lowest BCUT2D eigenvalue weighted by Crippen LogP contribution is -2.34. The van der Waals surface area contributed by atoms with Crippen LogP contribution in [-0.4, -0.2) is 11.2 Å². The maximum atomic E-state index is 10.1. The maximum absolute atomic E-state index is 10.1. The molecule has 0 bridgehead atoms. The zero-order chi connectivity index (χ0) is 10.1. The zero-order valence-corrected chi connectivity index (χ0v) is 9.30. The van der Waals surface area contributed by atoms with Crippen LogP contribution in [-0.2, 0) is 0 Å². The van der Waals surface area contributed by atoms with Gasteiger partial charge in [-0.25, -0.2) is 0 Å². The molecule has 1 rings (SSSR count). The third-order valence-electron chi connectivity index (χ3n) is 2.93. The molecule has 0 aromatic carbocycles. The summed E-state index contributed by atoms with van der Waals surface area (Å²) in [6, 6.07) is 0. The number of allylic oxidation sites excluding steroid dienone is 1. The van der Waals surface area contributed by atoms with E-state index in [0.717, 1.165) is 12.8 Å². The Labute approximate surface area is 81.9 Å². The van der Waals surface area contributed by atoms with Crippen molar-refractivity contribution < 1.29 is 5.11 Å². The molecule has 1 unspecified atom stereocenters. The van der Waals surface area contributed by atoms with E-state index in [1.54, 1.807) is 0 Å². The molecule has 1 saturated carbocycles. The molecule has 0 aliphatic heterocycles. The minimum absolute atomic E-state index is 0.0823. The number of rotatable bonds is 1. The average Bonchev–Trinajstić information content (AvgIpc) is 1.98. The highest BCUT2D eigenvalue weighted by Crippen LogP contribution is 2.38. The van der Waals surface area contributed by atoms with E-state index in [4.69, 9.17) is 0 Å². The van der Waals surface area contributed by atoms with E-state index in [2.05, 4.69) is 33.8 Å². The third kappa shape index (κ3) is 2.57. The fourth-order valence-corrected chi connectivity index (χ4v) is 2.13. The first kappa shape index (κ1) is 10.8. The molecular formula is C12H22O. The lowest BCUT2D eigenvalue weighted by atomic mass is 9.72. The van der Waals surface area contributed by atoms with E-state index in [1.165, 1.54) is 12.0 Å². The molecule has 0 aromatic heterocycles. The van der Waals surface area contributed by atoms with Gasteiger partial charge in [-0.3, -0.25) is 0 Å². The Morgan fingerprint density at radius 3 is 2.62 bits per heavy atom. The van der Waals surface area contributed by atoms with Crippen molar-refractivity contribution in [2.75, 3.05) is 0 Å². The summed E-state index contributed by atoms with van der Waals surface area (Å²) in [6.07, 6.45) is 5.46. The van der Waals surface area contributed by atoms with Gasteiger partial charge in [0.2, 0.25) is 0 Å². The summed E-state index contributed by atoms with van der Waals surface area (Å²) in [5, 5.41) is 10.1. The molecule has 76 valence electrons. The fourth-order valence-electron chi connectivity index (χ4n) is 2.13. The van der Waals surface area contributed by atoms with Gasteiger partial charge in [0.25, 0.3) is 0 Å². The molecule has 0 radical (unpaired) electrons. The van der Waals surface area contributed by atoms with Gasteiger partial charge in [0.15, 0.2) is 0 Å². The lowest BCUT2D eigenvalue weighted by molar-refractivity contribution is 0.0531. The highest BCUT2D eigenvalue weighted by atomic mass is 16.3. The Morgan fingerprint density at radius 2 is 2.08 bits per heavy atom. The summed E-state index contributed by atoms with van der Waals surface area (Å²) >= 11 is 0. The van der Waals surface area contributed by atoms with Crippen LogP contribution < -0.4 is 0 Å². The Morgan fingerprint density at radius 1 is 1.46 bits per heavy atom. The summed E-state index contributed by atoms with van der Waals surface area (Å²) in [5.74, 6) is 0.554. The molecule has 1 nitrogen and oxygen atoms in total. The molecular weight excluding hydrogens is 160 g/mol. The van der Waals surface area contributed by atoms with E-state index < -0.39 is 0 Å². The topological polar surface area (TPSA) is 20.2 Å². The van der Waals surface area contributed by atoms with Gasteiger partial charge in [-0.15, -0.1) is 0 Å². The number of aliphatic hydroxyl groups excluding tert-OH is 1. The lowest BCUT2D eigenvalue weighted by Gasteiger charge is -2.37. The fraction of sp³-hybridized carbons (Fsp3) is 0.833. The summed E-state index contributed by atoms with van der Waals surface area (Å²) in [5.41, 5.74) is 1.34. The van der Waals surface area contributed by atoms with E-state index >= 15 is 0 Å². The molecule has 1 fully saturated rings. The van der Waals surface area contributed by atoms with Gasteiger partial charge in [-0.05, 0) is 36.2 Å². The number of aliphatic hydroxyl groups is 1. The number of hydrogen-bond donors (Lipinski definition) is 1. The van der Waals surface area contributed by atoms with E-state index in [9.17, 15) is 5.11 Å². The summed E-state index contributed by atoms with van der Waals surface area (Å²) in [4.78, 5) is 0. The Hall–Kier alpha value is -0.300. The quantitative estimate of drug-likeness (QED) is 0.618. The van der Waals surface area contributed by atoms with Crippen molar-refractivity contribution >= 4 is 0 Å². The Bertz CT molecular complexity index is 201. The van der Waals surface area contributed by atoms with Crippen molar-refractivity contribution in [2.45, 2.75) is 53.1 Å². The molecule has 0 heterocycles. The second kappa shape index (κ2) is 3.83. The van der Waals surface area contributed by atoms with Crippen LogP contribution in [0.5, 0.6) is 0 Å². The second-order valence-corrected chi connectivity index (χ2v) is 5.23. The van der Waals surface area contributed by atoms with E-state index in [1.807, 2.05) is 0 Å². The molecule has 0 saturated heterocycles. The number of hydrogen-bond acceptors (Lipinski definition) is 1. The van der Waals surface area contributed by atoms with Gasteiger partial charge in [-0.1, -0.05) is 33.8 Å². The van der Waals surface area contributed by atoms with Crippen molar-refractivity contribution in [2.24, 2.45) is 11.3 Å². The van der Waals surface area contributed by atoms with Gasteiger partial charge >= 0.3 is 0 Å². The van der Waals surface area contributed by atoms with Gasteiger partial charge in [0, 0.05) is 0 Å². The highest BCUT2D eigenvalue weighted by Gasteiger charge is 2.33. The van der Waals surface area contributed by atoms with Crippen LogP contribution >= 0.6 is 0 Å². The molecule has 0 spiro atoms. The molecule has 1 aliphatic rings. The van der Waals surface area contributed by atoms with Crippen LogP contribution in [0, 0.1) is 11.3 Å². The molecule has 0 aromatic rings. The van der Waals surface area contributed by atoms with Crippen molar-refractivity contribution in [1.29, 1.82) is 0 Å². The van der Waals surface area contributed by atoms with Crippen molar-refractivity contribution in [3.8, 4) is 0 Å². The van der Waals surface area contributed by atoms with Crippen molar-refractivity contribution in [3.05, 3.63) is 11.6 Å². The van der Waals surface area contributed by atoms with Crippen LogP contribution in [0.4, 0.5) is 0 Å². The van der Waals surface area contributed by atoms with Crippen LogP contribution in [0.2, 0.25) is 0 Å². The molecule has 0 amide bonds. The molecule has 1 N–H and O–H groups in total. The first-order chi connectivity index (χ1) is 5.93. The first-order valence-electron chi connectivity index (χ1n) is 5.32. The normalized spacial score (nSPS) is 31.2. The predicted octanol–water partition coefficient (Wildman–Crippen LogP) is 3.14. The summed E-state index contributed by atoms with van der Waals surface area (Å²) in [7, 11) is 0. The van der Waals surface area contributed by atoms with Gasteiger partial charge in [-0.2, -0.15) is 0 Å². The van der Waals surface area contributed by atoms with E-state index in [-0.39, 0.29) is 11.5 Å². The SMILES string of the molecule is CC(C)/C=C1\CCCC(C)(C)C1O. The molecule has 13 heavy (non-hydrogen) atoms. The highest BCUT2D eigenvalue weighted by molar-refractivity contribution is 5.15. The molecule has 1 atom stereocenters. The smallest absolute Gasteiger partial charge is 0.0801 e. The second-order valence-electron chi connectivity index (χ2n) is 5.23. The monoisotopic (exact) mass is 182 g/mol. The standard InChI is InChI=1S/C12H22O/c1-9(2)8-10-6-5-7-12(3,4)11(10)13/h8-9,11,13H,5-7H2,1-4H3/b10-8+. The van der Waals surface area contributed by atoms with Crippen LogP contribution in [0.15, 0.2) is 11.6 Å². The van der Waals surface area contributed by atoms with Gasteiger partial charge < -0.3 is 5.11 Å². The Kier molecular flexibility index (Phi) is 3.18. The van der Waals surface area contributed by atoms with E-state index in [0.29, 0.717) is 5.92 Å². The summed E-state index contributed by atoms with van der Waals surface area (Å²) < 4.78 is 0. The molecule has 1 heteroatoms. The third-order valence-corrected chi connectivity index (χ3v) is 2.93. The van der Waals surface area contributed by atoms with Crippen molar-refractivity contribution in [1.82, 2.24) is 0 Å². The predicted molar refractivity (Wildman–Crippen MR) is 56.6 cm³/mol. The van der Waals surface area contributed by atoms with Crippen LogP contribution in [0.3, 0.4) is 0 Å². The molecule has 1 aliphatic carbocycles. The van der Waals surface area contributed by atoms with Crippen LogP contribution in [0.1, 0.15) is 47.0 Å². The summed E-state index contributed by atoms with van der Waals surface area (Å²) in [6.45, 7) is 8.65. The first-order valence-corrected chi connectivity index (χ1v) is 5.32. The zero-order valence-electron chi connectivity index (χ0n) is 9.30. The van der Waals surface area contributed by atoms with Crippen LogP contribution in [0.25, 0.3) is 0 Å². The minimum Gasteiger partial charge on any atom is -0.388 e. The van der Waals surface area contributed by atoms with Gasteiger partial charge in [0.05, 0.1) is 6.10 Å².